The van der Waals surface area contributed by atoms with Crippen LogP contribution in [0.3, 0.4) is 0 Å². The first kappa shape index (κ1) is 13.0. The molecule has 0 aliphatic carbocycles. The summed E-state index contributed by atoms with van der Waals surface area (Å²) in [5.41, 5.74) is 0. The highest BCUT2D eigenvalue weighted by atomic mass is 16.2. The summed E-state index contributed by atoms with van der Waals surface area (Å²) < 4.78 is 0. The standard InChI is InChI=1S/C10H15NO.C2H6.H2/c1-8-4-5-9(2)7-11(6-8)10(3)12;1-2;/h8-9H,6-7H2,1-3H3;1-2H3;1H. The Bertz CT molecular complexity index is 226. The lowest BCUT2D eigenvalue weighted by Gasteiger charge is -2.21. The monoisotopic (exact) mass is 197 g/mol. The van der Waals surface area contributed by atoms with E-state index < -0.39 is 0 Å². The van der Waals surface area contributed by atoms with Crippen molar-refractivity contribution in [3.8, 4) is 11.8 Å². The minimum atomic E-state index is 0. The van der Waals surface area contributed by atoms with Gasteiger partial charge in [0.25, 0.3) is 0 Å². The number of hydrogen-bond donors (Lipinski definition) is 0. The summed E-state index contributed by atoms with van der Waals surface area (Å²) in [4.78, 5) is 13.0. The van der Waals surface area contributed by atoms with Crippen LogP contribution in [0.2, 0.25) is 0 Å². The van der Waals surface area contributed by atoms with E-state index in [9.17, 15) is 4.79 Å². The summed E-state index contributed by atoms with van der Waals surface area (Å²) in [6, 6.07) is 0. The quantitative estimate of drug-likeness (QED) is 0.546. The number of rotatable bonds is 0. The van der Waals surface area contributed by atoms with Gasteiger partial charge in [-0.15, -0.1) is 0 Å². The van der Waals surface area contributed by atoms with Crippen molar-refractivity contribution >= 4 is 5.91 Å². The van der Waals surface area contributed by atoms with Crippen LogP contribution in [-0.4, -0.2) is 23.9 Å². The zero-order valence-electron chi connectivity index (χ0n) is 9.92. The molecule has 0 saturated heterocycles. The van der Waals surface area contributed by atoms with Crippen molar-refractivity contribution in [1.82, 2.24) is 4.90 Å². The predicted octanol–water partition coefficient (Wildman–Crippen LogP) is 2.40. The van der Waals surface area contributed by atoms with Gasteiger partial charge in [0.05, 0.1) is 0 Å². The lowest BCUT2D eigenvalue weighted by Crippen LogP contribution is -2.34. The van der Waals surface area contributed by atoms with Crippen LogP contribution >= 0.6 is 0 Å². The van der Waals surface area contributed by atoms with Crippen molar-refractivity contribution < 1.29 is 6.22 Å². The second-order valence-corrected chi connectivity index (χ2v) is 3.51. The smallest absolute Gasteiger partial charge is 0.219 e. The Morgan fingerprint density at radius 2 is 1.57 bits per heavy atom. The van der Waals surface area contributed by atoms with Gasteiger partial charge in [0.1, 0.15) is 0 Å². The molecule has 1 amide bonds. The average Bonchev–Trinajstić information content (AvgIpc) is 2.32. The van der Waals surface area contributed by atoms with Gasteiger partial charge in [-0.05, 0) is 13.8 Å². The minimum Gasteiger partial charge on any atom is -0.340 e. The zero-order valence-corrected chi connectivity index (χ0v) is 9.92. The summed E-state index contributed by atoms with van der Waals surface area (Å²) in [5, 5.41) is 0. The van der Waals surface area contributed by atoms with Crippen LogP contribution < -0.4 is 0 Å². The van der Waals surface area contributed by atoms with Gasteiger partial charge < -0.3 is 4.90 Å². The largest absolute Gasteiger partial charge is 0.340 e. The predicted molar refractivity (Wildman–Crippen MR) is 61.8 cm³/mol. The molecule has 0 N–H and O–H groups in total. The summed E-state index contributed by atoms with van der Waals surface area (Å²) in [5.74, 6) is 7.06. The fourth-order valence-electron chi connectivity index (χ4n) is 1.37. The molecule has 0 aromatic carbocycles. The van der Waals surface area contributed by atoms with Crippen LogP contribution in [0.4, 0.5) is 0 Å². The van der Waals surface area contributed by atoms with E-state index in [4.69, 9.17) is 0 Å². The molecule has 0 aromatic rings. The molecule has 2 unspecified atom stereocenters. The van der Waals surface area contributed by atoms with E-state index in [0.29, 0.717) is 11.8 Å². The normalized spacial score (nSPS) is 25.1. The van der Waals surface area contributed by atoms with Gasteiger partial charge in [0.15, 0.2) is 0 Å². The Balaban J connectivity index is 0. The lowest BCUT2D eigenvalue weighted by atomic mass is 10.2. The zero-order chi connectivity index (χ0) is 11.1. The molecule has 14 heavy (non-hydrogen) atoms. The van der Waals surface area contributed by atoms with Crippen molar-refractivity contribution in [2.24, 2.45) is 11.8 Å². The first-order valence-electron chi connectivity index (χ1n) is 5.36. The SMILES string of the molecule is CC.CC(=O)N1CC(C)C#CC(C)C1.[HH]. The van der Waals surface area contributed by atoms with E-state index in [0.717, 1.165) is 13.1 Å². The van der Waals surface area contributed by atoms with Crippen LogP contribution in [0, 0.1) is 23.7 Å². The molecule has 0 saturated carbocycles. The van der Waals surface area contributed by atoms with Gasteiger partial charge in [-0.3, -0.25) is 4.79 Å². The van der Waals surface area contributed by atoms with E-state index in [1.54, 1.807) is 6.92 Å². The molecule has 0 fully saturated rings. The van der Waals surface area contributed by atoms with Crippen LogP contribution in [-0.2, 0) is 4.79 Å². The van der Waals surface area contributed by atoms with Gasteiger partial charge in [-0.1, -0.05) is 25.7 Å². The molecule has 1 heterocycles. The van der Waals surface area contributed by atoms with E-state index in [-0.39, 0.29) is 7.33 Å². The van der Waals surface area contributed by atoms with Crippen LogP contribution in [0.5, 0.6) is 0 Å². The van der Waals surface area contributed by atoms with Crippen molar-refractivity contribution in [3.05, 3.63) is 0 Å². The van der Waals surface area contributed by atoms with E-state index in [1.165, 1.54) is 0 Å². The van der Waals surface area contributed by atoms with Gasteiger partial charge in [-0.25, -0.2) is 0 Å². The highest BCUT2D eigenvalue weighted by Gasteiger charge is 2.16. The van der Waals surface area contributed by atoms with Crippen molar-refractivity contribution in [1.29, 1.82) is 0 Å². The Labute approximate surface area is 89.2 Å². The van der Waals surface area contributed by atoms with Crippen LogP contribution in [0.15, 0.2) is 0 Å². The van der Waals surface area contributed by atoms with E-state index >= 15 is 0 Å². The molecule has 0 radical (unpaired) electrons. The molecule has 0 spiro atoms. The Hall–Kier alpha value is -0.970. The van der Waals surface area contributed by atoms with Crippen molar-refractivity contribution in [2.75, 3.05) is 13.1 Å². The summed E-state index contributed by atoms with van der Waals surface area (Å²) in [7, 11) is 0. The fourth-order valence-corrected chi connectivity index (χ4v) is 1.37. The second kappa shape index (κ2) is 6.48. The second-order valence-electron chi connectivity index (χ2n) is 3.51. The average molecular weight is 197 g/mol. The highest BCUT2D eigenvalue weighted by molar-refractivity contribution is 5.73. The molecule has 1 rings (SSSR count). The molecule has 2 atom stereocenters. The van der Waals surface area contributed by atoms with E-state index in [1.807, 2.05) is 18.7 Å². The first-order chi connectivity index (χ1) is 6.59. The maximum Gasteiger partial charge on any atom is 0.219 e. The number of carbonyl (C=O) groups excluding carboxylic acids is 1. The molecule has 82 valence electrons. The van der Waals surface area contributed by atoms with Crippen LogP contribution in [0.25, 0.3) is 0 Å². The van der Waals surface area contributed by atoms with Crippen molar-refractivity contribution in [2.45, 2.75) is 34.6 Å². The third-order valence-corrected chi connectivity index (χ3v) is 2.01. The van der Waals surface area contributed by atoms with Gasteiger partial charge in [-0.2, -0.15) is 0 Å². The molecule has 1 aliphatic rings. The molecular weight excluding hydrogens is 174 g/mol. The molecule has 2 nitrogen and oxygen atoms in total. The van der Waals surface area contributed by atoms with Crippen molar-refractivity contribution in [3.63, 3.8) is 0 Å². The Morgan fingerprint density at radius 3 is 1.86 bits per heavy atom. The summed E-state index contributed by atoms with van der Waals surface area (Å²) in [6.45, 7) is 11.3. The third kappa shape index (κ3) is 4.32. The first-order valence-corrected chi connectivity index (χ1v) is 5.36. The molecule has 0 bridgehead atoms. The highest BCUT2D eigenvalue weighted by Crippen LogP contribution is 2.08. The molecule has 2 heteroatoms. The van der Waals surface area contributed by atoms with Gasteiger partial charge >= 0.3 is 0 Å². The summed E-state index contributed by atoms with van der Waals surface area (Å²) >= 11 is 0. The number of amides is 1. The number of carbonyl (C=O) groups is 1. The van der Waals surface area contributed by atoms with E-state index in [2.05, 4.69) is 25.7 Å². The van der Waals surface area contributed by atoms with Gasteiger partial charge in [0, 0.05) is 33.3 Å². The Kier molecular flexibility index (Phi) is 6.03. The molecule has 1 aliphatic heterocycles. The number of nitrogens with zero attached hydrogens (tertiary/aromatic N) is 1. The Morgan fingerprint density at radius 1 is 1.21 bits per heavy atom. The summed E-state index contributed by atoms with van der Waals surface area (Å²) in [6.07, 6.45) is 0. The minimum absolute atomic E-state index is 0. The van der Waals surface area contributed by atoms with Crippen LogP contribution in [0.1, 0.15) is 36.0 Å². The lowest BCUT2D eigenvalue weighted by molar-refractivity contribution is -0.129. The molecular formula is C12H23NO. The fraction of sp³-hybridized carbons (Fsp3) is 0.750. The maximum atomic E-state index is 11.1. The molecule has 0 aromatic heterocycles. The third-order valence-electron chi connectivity index (χ3n) is 2.01. The van der Waals surface area contributed by atoms with Gasteiger partial charge in [0.2, 0.25) is 5.91 Å². The maximum absolute atomic E-state index is 11.1. The number of hydrogen-bond acceptors (Lipinski definition) is 1. The topological polar surface area (TPSA) is 20.3 Å².